The van der Waals surface area contributed by atoms with Crippen LogP contribution in [-0.4, -0.2) is 70.7 Å². The second-order valence-electron chi connectivity index (χ2n) is 16.2. The molecule has 1 aromatic heterocycles. The number of piperidine rings is 1. The molecule has 1 atom stereocenters. The maximum absolute atomic E-state index is 13.6. The molecular formula is C51H54N4O7. The summed E-state index contributed by atoms with van der Waals surface area (Å²) in [4.78, 5) is 58.2. The van der Waals surface area contributed by atoms with Crippen LogP contribution < -0.4 is 15.8 Å². The zero-order chi connectivity index (χ0) is 43.8. The summed E-state index contributed by atoms with van der Waals surface area (Å²) in [5.74, 6) is -0.117. The summed E-state index contributed by atoms with van der Waals surface area (Å²) >= 11 is 0. The number of rotatable bonds is 15. The van der Waals surface area contributed by atoms with Gasteiger partial charge in [-0.05, 0) is 104 Å². The molecule has 4 N–H and O–H groups in total. The summed E-state index contributed by atoms with van der Waals surface area (Å²) in [5, 5.41) is 24.7. The number of benzene rings is 5. The maximum Gasteiger partial charge on any atom is 0.411 e. The number of pyridine rings is 1. The van der Waals surface area contributed by atoms with Crippen LogP contribution in [0.15, 0.2) is 120 Å². The van der Waals surface area contributed by atoms with Crippen LogP contribution >= 0.6 is 0 Å². The average molecular weight is 835 g/mol. The Labute approximate surface area is 362 Å². The highest BCUT2D eigenvalue weighted by atomic mass is 16.6. The maximum atomic E-state index is 13.6. The standard InChI is InChI=1S/C51H54N4O7/c1-33-16-18-38(47(58)32-37-19-17-35(30-34(37)2)10-9-15-45(56)41-20-22-46(57)50-42(41)21-23-48(59)53-50)31-44(33)54(3)49(60)26-29-55-27-24-39(25-28-55)62-51(61)52-43-14-8-7-13-40(43)36-11-5-4-6-12-36/h4-8,11-14,16-23,30-31,39,45,56-57H,9-10,15,24-29,32H2,1-3H3,(H,52,61)(H,53,59)/t45-/m0/s1. The van der Waals surface area contributed by atoms with Crippen LogP contribution in [-0.2, 0) is 22.4 Å². The molecule has 7 rings (SSSR count). The van der Waals surface area contributed by atoms with Gasteiger partial charge in [0.1, 0.15) is 11.9 Å². The fourth-order valence-electron chi connectivity index (χ4n) is 8.29. The Morgan fingerprint density at radius 3 is 2.42 bits per heavy atom. The highest BCUT2D eigenvalue weighted by molar-refractivity contribution is 6.01. The van der Waals surface area contributed by atoms with Gasteiger partial charge in [-0.2, -0.15) is 0 Å². The molecule has 320 valence electrons. The highest BCUT2D eigenvalue weighted by Gasteiger charge is 2.24. The third kappa shape index (κ3) is 10.7. The summed E-state index contributed by atoms with van der Waals surface area (Å²) in [6.07, 6.45) is 2.39. The minimum Gasteiger partial charge on any atom is -0.506 e. The van der Waals surface area contributed by atoms with E-state index in [0.717, 1.165) is 39.8 Å². The third-order valence-corrected chi connectivity index (χ3v) is 11.9. The third-order valence-electron chi connectivity index (χ3n) is 11.9. The normalized spacial score (nSPS) is 13.7. The number of para-hydroxylation sites is 1. The summed E-state index contributed by atoms with van der Waals surface area (Å²) in [5.41, 5.74) is 8.46. The second-order valence-corrected chi connectivity index (χ2v) is 16.2. The number of likely N-dealkylation sites (tertiary alicyclic amines) is 1. The summed E-state index contributed by atoms with van der Waals surface area (Å²) in [6.45, 7) is 5.94. The highest BCUT2D eigenvalue weighted by Crippen LogP contribution is 2.32. The number of aliphatic hydroxyl groups is 1. The molecule has 11 heteroatoms. The van der Waals surface area contributed by atoms with Gasteiger partial charge in [-0.25, -0.2) is 4.79 Å². The number of nitrogens with one attached hydrogen (secondary N) is 2. The molecule has 1 aliphatic heterocycles. The molecule has 5 aromatic carbocycles. The van der Waals surface area contributed by atoms with E-state index in [1.165, 1.54) is 12.1 Å². The molecule has 2 heterocycles. The lowest BCUT2D eigenvalue weighted by Crippen LogP contribution is -2.40. The molecular weight excluding hydrogens is 781 g/mol. The molecule has 1 fully saturated rings. The van der Waals surface area contributed by atoms with E-state index in [2.05, 4.69) is 21.3 Å². The van der Waals surface area contributed by atoms with E-state index < -0.39 is 12.2 Å². The number of carbonyl (C=O) groups is 3. The Kier molecular flexibility index (Phi) is 14.0. The van der Waals surface area contributed by atoms with Crippen molar-refractivity contribution in [2.24, 2.45) is 0 Å². The number of aromatic nitrogens is 1. The number of aryl methyl sites for hydroxylation is 3. The van der Waals surface area contributed by atoms with Crippen molar-refractivity contribution in [2.75, 3.05) is 36.9 Å². The molecule has 0 saturated carbocycles. The molecule has 0 radical (unpaired) electrons. The molecule has 6 aromatic rings. The molecule has 2 amide bonds. The zero-order valence-corrected chi connectivity index (χ0v) is 35.5. The van der Waals surface area contributed by atoms with Gasteiger partial charge in [-0.15, -0.1) is 0 Å². The topological polar surface area (TPSA) is 152 Å². The number of fused-ring (bicyclic) bond motifs is 1. The van der Waals surface area contributed by atoms with Crippen LogP contribution in [0.1, 0.15) is 76.4 Å². The first-order chi connectivity index (χ1) is 29.9. The lowest BCUT2D eigenvalue weighted by atomic mass is 9.94. The van der Waals surface area contributed by atoms with Crippen molar-refractivity contribution in [3.8, 4) is 16.9 Å². The quantitative estimate of drug-likeness (QED) is 0.0749. The van der Waals surface area contributed by atoms with Crippen LogP contribution in [0.5, 0.6) is 5.75 Å². The van der Waals surface area contributed by atoms with Gasteiger partial charge in [0, 0.05) is 67.8 Å². The predicted octanol–water partition coefficient (Wildman–Crippen LogP) is 9.07. The predicted molar refractivity (Wildman–Crippen MR) is 244 cm³/mol. The lowest BCUT2D eigenvalue weighted by Gasteiger charge is -2.32. The van der Waals surface area contributed by atoms with Crippen LogP contribution in [0.4, 0.5) is 16.2 Å². The number of phenols is 1. The molecule has 0 unspecified atom stereocenters. The van der Waals surface area contributed by atoms with Gasteiger partial charge < -0.3 is 29.7 Å². The second kappa shape index (κ2) is 19.9. The number of ether oxygens (including phenoxy) is 1. The number of phenolic OH excluding ortho intramolecular Hbond substituents is 1. The Morgan fingerprint density at radius 2 is 1.65 bits per heavy atom. The van der Waals surface area contributed by atoms with E-state index in [1.54, 1.807) is 24.1 Å². The summed E-state index contributed by atoms with van der Waals surface area (Å²) in [7, 11) is 1.75. The number of aliphatic hydroxyl groups excluding tert-OH is 1. The number of amides is 2. The Hall–Kier alpha value is -6.56. The number of H-pyrrole nitrogens is 1. The first-order valence-corrected chi connectivity index (χ1v) is 21.3. The van der Waals surface area contributed by atoms with E-state index >= 15 is 0 Å². The molecule has 0 spiro atoms. The summed E-state index contributed by atoms with van der Waals surface area (Å²) < 4.78 is 5.80. The Morgan fingerprint density at radius 1 is 0.887 bits per heavy atom. The van der Waals surface area contributed by atoms with Crippen molar-refractivity contribution in [1.82, 2.24) is 9.88 Å². The SMILES string of the molecule is Cc1cc(CCC[C@H](O)c2ccc(O)c3[nH]c(=O)ccc23)ccc1CC(=O)c1ccc(C)c(N(C)C(=O)CCN2CCC(OC(=O)Nc3ccccc3-c3ccccc3)CC2)c1. The molecule has 1 saturated heterocycles. The molecule has 0 aliphatic carbocycles. The number of nitrogens with zero attached hydrogens (tertiary/aromatic N) is 2. The number of hydrogen-bond acceptors (Lipinski definition) is 8. The van der Waals surface area contributed by atoms with E-state index in [9.17, 15) is 29.4 Å². The first-order valence-electron chi connectivity index (χ1n) is 21.3. The first kappa shape index (κ1) is 43.5. The minimum atomic E-state index is -0.766. The van der Waals surface area contributed by atoms with E-state index in [1.807, 2.05) is 98.8 Å². The minimum absolute atomic E-state index is 0.0345. The monoisotopic (exact) mass is 834 g/mol. The van der Waals surface area contributed by atoms with Crippen LogP contribution in [0.25, 0.3) is 22.0 Å². The van der Waals surface area contributed by atoms with Gasteiger partial charge in [0.15, 0.2) is 5.78 Å². The molecule has 62 heavy (non-hydrogen) atoms. The number of carbonyl (C=O) groups excluding carboxylic acids is 3. The van der Waals surface area contributed by atoms with Gasteiger partial charge in [0.25, 0.3) is 0 Å². The van der Waals surface area contributed by atoms with Crippen molar-refractivity contribution in [3.05, 3.63) is 159 Å². The number of aromatic hydroxyl groups is 1. The Bertz CT molecular complexity index is 2620. The fourth-order valence-corrected chi connectivity index (χ4v) is 8.29. The van der Waals surface area contributed by atoms with Gasteiger partial charge in [-0.3, -0.25) is 19.7 Å². The van der Waals surface area contributed by atoms with Gasteiger partial charge >= 0.3 is 6.09 Å². The van der Waals surface area contributed by atoms with Gasteiger partial charge in [-0.1, -0.05) is 84.9 Å². The summed E-state index contributed by atoms with van der Waals surface area (Å²) in [6, 6.07) is 35.3. The van der Waals surface area contributed by atoms with Crippen molar-refractivity contribution >= 4 is 40.1 Å². The number of Topliss-reactive ketones (excluding diaryl/α,β-unsaturated/α-hetero) is 1. The Balaban J connectivity index is 0.861. The van der Waals surface area contributed by atoms with E-state index in [4.69, 9.17) is 4.74 Å². The molecule has 0 bridgehead atoms. The molecule has 11 nitrogen and oxygen atoms in total. The van der Waals surface area contributed by atoms with Crippen molar-refractivity contribution < 1.29 is 29.3 Å². The average Bonchev–Trinajstić information content (AvgIpc) is 3.27. The van der Waals surface area contributed by atoms with E-state index in [-0.39, 0.29) is 35.5 Å². The van der Waals surface area contributed by atoms with Gasteiger partial charge in [0.05, 0.1) is 17.3 Å². The smallest absolute Gasteiger partial charge is 0.411 e. The fraction of sp³-hybridized carbons (Fsp3) is 0.294. The van der Waals surface area contributed by atoms with Crippen molar-refractivity contribution in [1.29, 1.82) is 0 Å². The lowest BCUT2D eigenvalue weighted by molar-refractivity contribution is -0.118. The number of ketones is 1. The number of aromatic amines is 1. The zero-order valence-electron chi connectivity index (χ0n) is 35.5. The van der Waals surface area contributed by atoms with Crippen LogP contribution in [0.2, 0.25) is 0 Å². The van der Waals surface area contributed by atoms with E-state index in [0.29, 0.717) is 85.1 Å². The largest absolute Gasteiger partial charge is 0.506 e. The van der Waals surface area contributed by atoms with Crippen LogP contribution in [0.3, 0.4) is 0 Å². The van der Waals surface area contributed by atoms with Crippen LogP contribution in [0, 0.1) is 13.8 Å². The number of anilines is 2. The molecule has 1 aliphatic rings. The van der Waals surface area contributed by atoms with Crippen molar-refractivity contribution in [2.45, 2.75) is 71.0 Å². The van der Waals surface area contributed by atoms with Crippen molar-refractivity contribution in [3.63, 3.8) is 0 Å². The van der Waals surface area contributed by atoms with Gasteiger partial charge in [0.2, 0.25) is 11.5 Å². The number of hydrogen-bond donors (Lipinski definition) is 4.